The lowest BCUT2D eigenvalue weighted by Gasteiger charge is -2.22. The van der Waals surface area contributed by atoms with Crippen LogP contribution in [0.4, 0.5) is 9.52 Å². The number of anilines is 1. The van der Waals surface area contributed by atoms with Crippen LogP contribution >= 0.6 is 11.3 Å². The molecule has 1 N–H and O–H groups in total. The van der Waals surface area contributed by atoms with Crippen LogP contribution in [0.2, 0.25) is 0 Å². The van der Waals surface area contributed by atoms with Crippen molar-refractivity contribution in [3.63, 3.8) is 0 Å². The van der Waals surface area contributed by atoms with E-state index < -0.39 is 23.5 Å². The number of nitrogens with zero attached hydrogens (tertiary/aromatic N) is 3. The summed E-state index contributed by atoms with van der Waals surface area (Å²) in [6.45, 7) is 1.73. The van der Waals surface area contributed by atoms with E-state index >= 15 is 0 Å². The van der Waals surface area contributed by atoms with Crippen molar-refractivity contribution in [1.82, 2.24) is 10.2 Å². The highest BCUT2D eigenvalue weighted by Crippen LogP contribution is 2.42. The number of carbonyl (C=O) groups excluding carboxylic acids is 2. The van der Waals surface area contributed by atoms with E-state index in [2.05, 4.69) is 10.2 Å². The first-order valence-electron chi connectivity index (χ1n) is 8.39. The number of aliphatic hydroxyl groups is 1. The van der Waals surface area contributed by atoms with Gasteiger partial charge in [-0.25, -0.2) is 4.39 Å². The molecule has 2 aromatic carbocycles. The van der Waals surface area contributed by atoms with Crippen molar-refractivity contribution >= 4 is 33.9 Å². The Morgan fingerprint density at radius 1 is 1.07 bits per heavy atom. The van der Waals surface area contributed by atoms with E-state index in [0.29, 0.717) is 16.1 Å². The largest absolute Gasteiger partial charge is 0.507 e. The Bertz CT molecular complexity index is 1090. The van der Waals surface area contributed by atoms with Crippen LogP contribution in [0.5, 0.6) is 0 Å². The van der Waals surface area contributed by atoms with Gasteiger partial charge in [0, 0.05) is 5.56 Å². The molecule has 1 saturated heterocycles. The molecule has 4 rings (SSSR count). The van der Waals surface area contributed by atoms with Gasteiger partial charge in [-0.3, -0.25) is 14.5 Å². The summed E-state index contributed by atoms with van der Waals surface area (Å²) in [6, 6.07) is 13.0. The van der Waals surface area contributed by atoms with Gasteiger partial charge in [0.2, 0.25) is 5.13 Å². The van der Waals surface area contributed by atoms with Crippen molar-refractivity contribution in [2.45, 2.75) is 13.0 Å². The van der Waals surface area contributed by atoms with Gasteiger partial charge < -0.3 is 5.11 Å². The van der Waals surface area contributed by atoms with Crippen LogP contribution in [0.25, 0.3) is 5.76 Å². The number of benzene rings is 2. The van der Waals surface area contributed by atoms with Crippen LogP contribution in [0.15, 0.2) is 60.2 Å². The summed E-state index contributed by atoms with van der Waals surface area (Å²) < 4.78 is 13.4. The first-order valence-corrected chi connectivity index (χ1v) is 9.21. The topological polar surface area (TPSA) is 83.4 Å². The molecular weight excluding hydrogens is 381 g/mol. The molecule has 0 unspecified atom stereocenters. The number of ketones is 1. The minimum atomic E-state index is -0.937. The number of aromatic nitrogens is 2. The SMILES string of the molecule is Cc1nnc(N2C(=O)C(=O)/C(=C(/O)c3ccccc3)[C@H]2c2ccc(F)cc2)s1. The highest BCUT2D eigenvalue weighted by atomic mass is 32.1. The standard InChI is InChI=1S/C20H14FN3O3S/c1-11-22-23-20(28-11)24-16(12-7-9-14(21)10-8-12)15(18(26)19(24)27)17(25)13-5-3-2-4-6-13/h2-10,16,25H,1H3/b17-15+/t16-/m1/s1. The van der Waals surface area contributed by atoms with Gasteiger partial charge in [-0.1, -0.05) is 53.8 Å². The number of hydrogen-bond acceptors (Lipinski definition) is 6. The second-order valence-corrected chi connectivity index (χ2v) is 7.35. The van der Waals surface area contributed by atoms with Gasteiger partial charge in [0.15, 0.2) is 0 Å². The summed E-state index contributed by atoms with van der Waals surface area (Å²) in [4.78, 5) is 26.8. The van der Waals surface area contributed by atoms with Gasteiger partial charge in [-0.05, 0) is 24.6 Å². The van der Waals surface area contributed by atoms with Gasteiger partial charge >= 0.3 is 5.91 Å². The Kier molecular flexibility index (Phi) is 4.48. The maximum Gasteiger partial charge on any atom is 0.301 e. The Balaban J connectivity index is 1.94. The van der Waals surface area contributed by atoms with Gasteiger partial charge in [-0.2, -0.15) is 0 Å². The van der Waals surface area contributed by atoms with Crippen molar-refractivity contribution in [3.8, 4) is 0 Å². The highest BCUT2D eigenvalue weighted by molar-refractivity contribution is 7.15. The molecule has 1 fully saturated rings. The number of halogens is 1. The fourth-order valence-corrected chi connectivity index (χ4v) is 3.84. The molecule has 28 heavy (non-hydrogen) atoms. The molecule has 0 aliphatic carbocycles. The fourth-order valence-electron chi connectivity index (χ4n) is 3.13. The number of Topliss-reactive ketones (excluding diaryl/α,β-unsaturated/α-hetero) is 1. The third-order valence-electron chi connectivity index (χ3n) is 4.40. The van der Waals surface area contributed by atoms with Crippen molar-refractivity contribution in [2.24, 2.45) is 0 Å². The van der Waals surface area contributed by atoms with E-state index in [1.165, 1.54) is 29.2 Å². The minimum absolute atomic E-state index is 0.0735. The zero-order valence-electron chi connectivity index (χ0n) is 14.7. The Hall–Kier alpha value is -3.39. The zero-order chi connectivity index (χ0) is 19.8. The van der Waals surface area contributed by atoms with Crippen LogP contribution in [0.1, 0.15) is 22.2 Å². The second-order valence-electron chi connectivity index (χ2n) is 6.19. The Morgan fingerprint density at radius 3 is 2.36 bits per heavy atom. The number of carbonyl (C=O) groups is 2. The lowest BCUT2D eigenvalue weighted by molar-refractivity contribution is -0.132. The van der Waals surface area contributed by atoms with E-state index in [-0.39, 0.29) is 16.5 Å². The number of amides is 1. The second kappa shape index (κ2) is 6.97. The molecule has 3 aromatic rings. The Morgan fingerprint density at radius 2 is 1.75 bits per heavy atom. The molecule has 0 spiro atoms. The lowest BCUT2D eigenvalue weighted by Crippen LogP contribution is -2.29. The zero-order valence-corrected chi connectivity index (χ0v) is 15.5. The lowest BCUT2D eigenvalue weighted by atomic mass is 9.95. The van der Waals surface area contributed by atoms with Gasteiger partial charge in [0.1, 0.15) is 16.6 Å². The van der Waals surface area contributed by atoms with Crippen molar-refractivity contribution in [2.75, 3.05) is 4.90 Å². The molecular formula is C20H14FN3O3S. The average Bonchev–Trinajstić information content (AvgIpc) is 3.24. The predicted molar refractivity (Wildman–Crippen MR) is 102 cm³/mol. The smallest absolute Gasteiger partial charge is 0.301 e. The van der Waals surface area contributed by atoms with Crippen LogP contribution in [0, 0.1) is 12.7 Å². The number of hydrogen-bond donors (Lipinski definition) is 1. The van der Waals surface area contributed by atoms with Crippen molar-refractivity contribution < 1.29 is 19.1 Å². The summed E-state index contributed by atoms with van der Waals surface area (Å²) in [6.07, 6.45) is 0. The number of aliphatic hydroxyl groups excluding tert-OH is 1. The Labute approximate surface area is 163 Å². The van der Waals surface area contributed by atoms with Gasteiger partial charge in [-0.15, -0.1) is 10.2 Å². The molecule has 0 radical (unpaired) electrons. The van der Waals surface area contributed by atoms with Crippen LogP contribution in [-0.4, -0.2) is 27.0 Å². The quantitative estimate of drug-likeness (QED) is 0.416. The minimum Gasteiger partial charge on any atom is -0.507 e. The maximum atomic E-state index is 13.4. The molecule has 1 amide bonds. The highest BCUT2D eigenvalue weighted by Gasteiger charge is 2.48. The number of aryl methyl sites for hydroxylation is 1. The molecule has 1 aliphatic heterocycles. The predicted octanol–water partition coefficient (Wildman–Crippen LogP) is 3.61. The molecule has 2 heterocycles. The van der Waals surface area contributed by atoms with Crippen molar-refractivity contribution in [3.05, 3.63) is 82.1 Å². The van der Waals surface area contributed by atoms with E-state index in [0.717, 1.165) is 11.3 Å². The monoisotopic (exact) mass is 395 g/mol. The molecule has 140 valence electrons. The fraction of sp³-hybridized carbons (Fsp3) is 0.100. The van der Waals surface area contributed by atoms with Gasteiger partial charge in [0.05, 0.1) is 11.6 Å². The maximum absolute atomic E-state index is 13.4. The summed E-state index contributed by atoms with van der Waals surface area (Å²) in [5.41, 5.74) is 0.808. The molecule has 6 nitrogen and oxygen atoms in total. The van der Waals surface area contributed by atoms with Gasteiger partial charge in [0.25, 0.3) is 5.78 Å². The number of rotatable bonds is 3. The van der Waals surface area contributed by atoms with Crippen LogP contribution < -0.4 is 4.90 Å². The first-order chi connectivity index (χ1) is 13.5. The van der Waals surface area contributed by atoms with E-state index in [1.807, 2.05) is 0 Å². The third kappa shape index (κ3) is 2.97. The summed E-state index contributed by atoms with van der Waals surface area (Å²) in [5.74, 6) is -2.39. The van der Waals surface area contributed by atoms with Crippen LogP contribution in [-0.2, 0) is 9.59 Å². The molecule has 1 aromatic heterocycles. The molecule has 1 atom stereocenters. The molecule has 8 heteroatoms. The van der Waals surface area contributed by atoms with Crippen molar-refractivity contribution in [1.29, 1.82) is 0 Å². The summed E-state index contributed by atoms with van der Waals surface area (Å²) in [5, 5.41) is 19.6. The van der Waals surface area contributed by atoms with Crippen LogP contribution in [0.3, 0.4) is 0 Å². The summed E-state index contributed by atoms with van der Waals surface area (Å²) in [7, 11) is 0. The third-order valence-corrected chi connectivity index (χ3v) is 5.24. The molecule has 0 bridgehead atoms. The first kappa shape index (κ1) is 18.0. The molecule has 0 saturated carbocycles. The van der Waals surface area contributed by atoms with E-state index in [9.17, 15) is 19.1 Å². The molecule has 1 aliphatic rings. The normalized spacial score (nSPS) is 18.6. The summed E-state index contributed by atoms with van der Waals surface area (Å²) >= 11 is 1.15. The van der Waals surface area contributed by atoms with E-state index in [4.69, 9.17) is 0 Å². The van der Waals surface area contributed by atoms with E-state index in [1.54, 1.807) is 37.3 Å². The average molecular weight is 395 g/mol.